The third-order valence-electron chi connectivity index (χ3n) is 5.13. The van der Waals surface area contributed by atoms with Crippen LogP contribution in [0.5, 0.6) is 0 Å². The third kappa shape index (κ3) is 4.71. The summed E-state index contributed by atoms with van der Waals surface area (Å²) in [5, 5.41) is 2.96. The highest BCUT2D eigenvalue weighted by Gasteiger charge is 2.20. The average molecular weight is 464 g/mol. The number of hydrogen-bond donors (Lipinski definition) is 1. The van der Waals surface area contributed by atoms with Gasteiger partial charge in [-0.25, -0.2) is 4.39 Å². The number of anilines is 3. The van der Waals surface area contributed by atoms with Crippen LogP contribution in [0.1, 0.15) is 10.4 Å². The topological polar surface area (TPSA) is 54.0 Å². The quantitative estimate of drug-likeness (QED) is 0.751. The van der Waals surface area contributed by atoms with Gasteiger partial charge in [0.1, 0.15) is 5.82 Å². The van der Waals surface area contributed by atoms with Crippen LogP contribution in [-0.4, -0.2) is 58.5 Å². The van der Waals surface area contributed by atoms with E-state index in [1.54, 1.807) is 0 Å². The third-order valence-corrected chi connectivity index (χ3v) is 5.82. The summed E-state index contributed by atoms with van der Waals surface area (Å²) in [4.78, 5) is 17.3. The first-order valence-electron chi connectivity index (χ1n) is 9.67. The van der Waals surface area contributed by atoms with Crippen molar-refractivity contribution in [2.75, 3.05) is 67.7 Å². The molecule has 0 spiro atoms. The molecule has 29 heavy (non-hydrogen) atoms. The van der Waals surface area contributed by atoms with E-state index in [4.69, 9.17) is 9.47 Å². The fourth-order valence-corrected chi connectivity index (χ4v) is 4.00. The molecule has 1 amide bonds. The Morgan fingerprint density at radius 2 is 1.59 bits per heavy atom. The minimum absolute atomic E-state index is 0.259. The van der Waals surface area contributed by atoms with Crippen molar-refractivity contribution in [1.82, 2.24) is 0 Å². The molecule has 2 aliphatic heterocycles. The van der Waals surface area contributed by atoms with Gasteiger partial charge in [-0.1, -0.05) is 0 Å². The molecule has 0 aliphatic carbocycles. The van der Waals surface area contributed by atoms with Gasteiger partial charge in [-0.05, 0) is 52.3 Å². The molecular weight excluding hydrogens is 441 g/mol. The number of nitrogens with one attached hydrogen (secondary N) is 1. The van der Waals surface area contributed by atoms with Gasteiger partial charge in [-0.2, -0.15) is 0 Å². The van der Waals surface area contributed by atoms with E-state index in [1.807, 2.05) is 12.1 Å². The van der Waals surface area contributed by atoms with Crippen LogP contribution in [-0.2, 0) is 9.47 Å². The van der Waals surface area contributed by atoms with Gasteiger partial charge in [-0.3, -0.25) is 4.79 Å². The van der Waals surface area contributed by atoms with Crippen LogP contribution < -0.4 is 15.1 Å². The summed E-state index contributed by atoms with van der Waals surface area (Å²) in [7, 11) is 0. The van der Waals surface area contributed by atoms with Gasteiger partial charge in [-0.15, -0.1) is 0 Å². The number of morpholine rings is 2. The molecule has 0 unspecified atom stereocenters. The van der Waals surface area contributed by atoms with Gasteiger partial charge in [0.25, 0.3) is 5.91 Å². The highest BCUT2D eigenvalue weighted by molar-refractivity contribution is 9.10. The Balaban J connectivity index is 1.64. The van der Waals surface area contributed by atoms with Gasteiger partial charge >= 0.3 is 0 Å². The summed E-state index contributed by atoms with van der Waals surface area (Å²) in [6.45, 7) is 5.88. The van der Waals surface area contributed by atoms with Crippen molar-refractivity contribution in [3.63, 3.8) is 0 Å². The lowest BCUT2D eigenvalue weighted by Gasteiger charge is -2.33. The van der Waals surface area contributed by atoms with Crippen molar-refractivity contribution >= 4 is 38.9 Å². The molecule has 0 aromatic heterocycles. The number of halogens is 2. The minimum Gasteiger partial charge on any atom is -0.378 e. The van der Waals surface area contributed by atoms with Crippen molar-refractivity contribution in [1.29, 1.82) is 0 Å². The Morgan fingerprint density at radius 1 is 0.931 bits per heavy atom. The number of rotatable bonds is 4. The number of nitrogens with zero attached hydrogens (tertiary/aromatic N) is 2. The zero-order chi connectivity index (χ0) is 20.2. The second kappa shape index (κ2) is 9.11. The summed E-state index contributed by atoms with van der Waals surface area (Å²) in [6.07, 6.45) is 0. The number of amides is 1. The van der Waals surface area contributed by atoms with Gasteiger partial charge in [0.05, 0.1) is 43.4 Å². The molecule has 4 rings (SSSR count). The fraction of sp³-hybridized carbons (Fsp3) is 0.381. The van der Waals surface area contributed by atoms with Gasteiger partial charge in [0.15, 0.2) is 0 Å². The van der Waals surface area contributed by atoms with Crippen LogP contribution in [0.3, 0.4) is 0 Å². The molecule has 1 N–H and O–H groups in total. The Labute approximate surface area is 177 Å². The Bertz CT molecular complexity index is 883. The highest BCUT2D eigenvalue weighted by Crippen LogP contribution is 2.33. The lowest BCUT2D eigenvalue weighted by atomic mass is 10.1. The number of benzene rings is 2. The van der Waals surface area contributed by atoms with Gasteiger partial charge < -0.3 is 24.6 Å². The maximum Gasteiger partial charge on any atom is 0.256 e. The Kier molecular flexibility index (Phi) is 6.32. The molecule has 2 aliphatic rings. The molecule has 0 bridgehead atoms. The molecule has 2 fully saturated rings. The largest absolute Gasteiger partial charge is 0.378 e. The zero-order valence-corrected chi connectivity index (χ0v) is 17.6. The predicted octanol–water partition coefficient (Wildman–Crippen LogP) is 3.51. The summed E-state index contributed by atoms with van der Waals surface area (Å²) < 4.78 is 25.1. The fourth-order valence-electron chi connectivity index (χ4n) is 3.57. The van der Waals surface area contributed by atoms with E-state index in [0.717, 1.165) is 37.6 Å². The molecule has 8 heteroatoms. The first-order valence-corrected chi connectivity index (χ1v) is 10.5. The number of carbonyl (C=O) groups excluding carboxylic acids is 1. The van der Waals surface area contributed by atoms with Gasteiger partial charge in [0, 0.05) is 36.3 Å². The molecule has 0 atom stereocenters. The first-order chi connectivity index (χ1) is 14.1. The smallest absolute Gasteiger partial charge is 0.256 e. The van der Waals surface area contributed by atoms with Crippen molar-refractivity contribution in [2.45, 2.75) is 0 Å². The number of hydrogen-bond acceptors (Lipinski definition) is 5. The summed E-state index contributed by atoms with van der Waals surface area (Å²) in [5.74, 6) is -0.806. The van der Waals surface area contributed by atoms with Crippen LogP contribution in [0, 0.1) is 5.82 Å². The molecule has 2 aromatic carbocycles. The second-order valence-electron chi connectivity index (χ2n) is 6.98. The molecule has 6 nitrogen and oxygen atoms in total. The molecule has 2 saturated heterocycles. The number of ether oxygens (including phenoxy) is 2. The van der Waals surface area contributed by atoms with E-state index in [-0.39, 0.29) is 11.5 Å². The van der Waals surface area contributed by atoms with E-state index in [2.05, 4.69) is 37.1 Å². The molecule has 2 aromatic rings. The minimum atomic E-state index is -0.450. The highest BCUT2D eigenvalue weighted by atomic mass is 79.9. The maximum absolute atomic E-state index is 13.6. The summed E-state index contributed by atoms with van der Waals surface area (Å²) >= 11 is 3.33. The Hall–Kier alpha value is -2.16. The van der Waals surface area contributed by atoms with Crippen LogP contribution in [0.15, 0.2) is 40.9 Å². The van der Waals surface area contributed by atoms with Crippen LogP contribution in [0.2, 0.25) is 0 Å². The SMILES string of the molecule is O=C(Nc1ccc(N2CCOCC2)cc1N1CCOCC1)c1cc(F)ccc1Br. The number of carbonyl (C=O) groups is 1. The molecule has 154 valence electrons. The predicted molar refractivity (Wildman–Crippen MR) is 115 cm³/mol. The van der Waals surface area contributed by atoms with Crippen molar-refractivity contribution < 1.29 is 18.7 Å². The molecule has 2 heterocycles. The maximum atomic E-state index is 13.6. The standard InChI is InChI=1S/C21H23BrFN3O3/c22-18-3-1-15(23)13-17(18)21(27)24-19-4-2-16(25-5-9-28-10-6-25)14-20(19)26-7-11-29-12-8-26/h1-4,13-14H,5-12H2,(H,24,27). The van der Waals surface area contributed by atoms with E-state index in [9.17, 15) is 9.18 Å². The average Bonchev–Trinajstić information content (AvgIpc) is 2.77. The van der Waals surface area contributed by atoms with Crippen LogP contribution in [0.25, 0.3) is 0 Å². The molecule has 0 saturated carbocycles. The van der Waals surface area contributed by atoms with Gasteiger partial charge in [0.2, 0.25) is 0 Å². The summed E-state index contributed by atoms with van der Waals surface area (Å²) in [5.41, 5.74) is 3.00. The molecule has 0 radical (unpaired) electrons. The normalized spacial score (nSPS) is 17.3. The van der Waals surface area contributed by atoms with Crippen LogP contribution in [0.4, 0.5) is 21.5 Å². The first kappa shape index (κ1) is 20.1. The van der Waals surface area contributed by atoms with E-state index >= 15 is 0 Å². The monoisotopic (exact) mass is 463 g/mol. The van der Waals surface area contributed by atoms with Crippen molar-refractivity contribution in [2.24, 2.45) is 0 Å². The second-order valence-corrected chi connectivity index (χ2v) is 7.83. The van der Waals surface area contributed by atoms with Crippen LogP contribution >= 0.6 is 15.9 Å². The Morgan fingerprint density at radius 3 is 2.28 bits per heavy atom. The van der Waals surface area contributed by atoms with E-state index < -0.39 is 5.82 Å². The molecular formula is C21H23BrFN3O3. The lowest BCUT2D eigenvalue weighted by Crippen LogP contribution is -2.38. The summed E-state index contributed by atoms with van der Waals surface area (Å²) in [6, 6.07) is 10.1. The van der Waals surface area contributed by atoms with E-state index in [1.165, 1.54) is 18.2 Å². The zero-order valence-electron chi connectivity index (χ0n) is 16.0. The van der Waals surface area contributed by atoms with E-state index in [0.29, 0.717) is 36.6 Å². The van der Waals surface area contributed by atoms with Crippen molar-refractivity contribution in [3.05, 3.63) is 52.3 Å². The van der Waals surface area contributed by atoms with Crippen molar-refractivity contribution in [3.8, 4) is 0 Å². The lowest BCUT2D eigenvalue weighted by molar-refractivity contribution is 0.102.